The van der Waals surface area contributed by atoms with Gasteiger partial charge in [0.2, 0.25) is 10.0 Å². The molecule has 1 atom stereocenters. The number of hydrogen-bond acceptors (Lipinski definition) is 4. The van der Waals surface area contributed by atoms with Crippen LogP contribution in [0.3, 0.4) is 0 Å². The van der Waals surface area contributed by atoms with Crippen molar-refractivity contribution in [2.24, 2.45) is 7.05 Å². The quantitative estimate of drug-likeness (QED) is 0.847. The zero-order valence-electron chi connectivity index (χ0n) is 14.5. The molecule has 2 aromatic heterocycles. The second kappa shape index (κ2) is 6.68. The minimum Gasteiger partial charge on any atom is -0.275 e. The van der Waals surface area contributed by atoms with E-state index in [-0.39, 0.29) is 6.04 Å². The lowest BCUT2D eigenvalue weighted by Gasteiger charge is -2.27. The number of nitrogens with zero attached hydrogens (tertiary/aromatic N) is 5. The monoisotopic (exact) mass is 351 g/mol. The summed E-state index contributed by atoms with van der Waals surface area (Å²) in [6.07, 6.45) is 7.25. The fourth-order valence-electron chi connectivity index (χ4n) is 3.32. The first kappa shape index (κ1) is 17.2. The standard InChI is InChI=1S/C16H25N5O2S/c1-4-20-12-16(13(2)17-20)24(22,23)21-10-7-5-6-8-15(21)14-9-11-19(3)18-14/h9,11-12,15H,4-8,10H2,1-3H3. The predicted molar refractivity (Wildman–Crippen MR) is 90.9 cm³/mol. The van der Waals surface area contributed by atoms with Crippen molar-refractivity contribution >= 4 is 10.0 Å². The number of hydrogen-bond donors (Lipinski definition) is 0. The molecule has 0 aliphatic carbocycles. The maximum absolute atomic E-state index is 13.3. The molecule has 0 bridgehead atoms. The van der Waals surface area contributed by atoms with E-state index >= 15 is 0 Å². The molecule has 0 saturated carbocycles. The van der Waals surface area contributed by atoms with Gasteiger partial charge in [0.1, 0.15) is 4.90 Å². The molecule has 0 N–H and O–H groups in total. The van der Waals surface area contributed by atoms with Crippen LogP contribution >= 0.6 is 0 Å². The highest BCUT2D eigenvalue weighted by molar-refractivity contribution is 7.89. The molecule has 2 aromatic rings. The summed E-state index contributed by atoms with van der Waals surface area (Å²) < 4.78 is 31.7. The van der Waals surface area contributed by atoms with Crippen LogP contribution in [0.5, 0.6) is 0 Å². The second-order valence-corrected chi connectivity index (χ2v) is 8.19. The summed E-state index contributed by atoms with van der Waals surface area (Å²) >= 11 is 0. The SMILES string of the molecule is CCn1cc(S(=O)(=O)N2CCCCCC2c2ccn(C)n2)c(C)n1. The van der Waals surface area contributed by atoms with Crippen LogP contribution in [0.4, 0.5) is 0 Å². The van der Waals surface area contributed by atoms with E-state index in [4.69, 9.17) is 0 Å². The van der Waals surface area contributed by atoms with Crippen LogP contribution in [-0.4, -0.2) is 38.8 Å². The van der Waals surface area contributed by atoms with Gasteiger partial charge in [-0.3, -0.25) is 9.36 Å². The van der Waals surface area contributed by atoms with Gasteiger partial charge in [0.25, 0.3) is 0 Å². The van der Waals surface area contributed by atoms with Gasteiger partial charge >= 0.3 is 0 Å². The van der Waals surface area contributed by atoms with Crippen molar-refractivity contribution in [3.8, 4) is 0 Å². The molecule has 0 aromatic carbocycles. The maximum Gasteiger partial charge on any atom is 0.247 e. The lowest BCUT2D eigenvalue weighted by atomic mass is 10.1. The van der Waals surface area contributed by atoms with Gasteiger partial charge in [0.15, 0.2) is 0 Å². The Morgan fingerprint density at radius 2 is 2.04 bits per heavy atom. The first-order valence-corrected chi connectivity index (χ1v) is 9.93. The molecule has 8 heteroatoms. The van der Waals surface area contributed by atoms with Gasteiger partial charge < -0.3 is 0 Å². The first-order chi connectivity index (χ1) is 11.4. The summed E-state index contributed by atoms with van der Waals surface area (Å²) in [4.78, 5) is 0.312. The third kappa shape index (κ3) is 3.12. The fraction of sp³-hybridized carbons (Fsp3) is 0.625. The third-order valence-electron chi connectivity index (χ3n) is 4.59. The Morgan fingerprint density at radius 1 is 1.25 bits per heavy atom. The Bertz CT molecular complexity index is 808. The van der Waals surface area contributed by atoms with Crippen LogP contribution in [0.25, 0.3) is 0 Å². The summed E-state index contributed by atoms with van der Waals surface area (Å²) in [5, 5.41) is 8.77. The van der Waals surface area contributed by atoms with Crippen LogP contribution in [0.1, 0.15) is 50.0 Å². The van der Waals surface area contributed by atoms with Crippen molar-refractivity contribution in [1.29, 1.82) is 0 Å². The van der Waals surface area contributed by atoms with Crippen molar-refractivity contribution in [1.82, 2.24) is 23.9 Å². The average molecular weight is 351 g/mol. The summed E-state index contributed by atoms with van der Waals surface area (Å²) in [6.45, 7) is 4.89. The van der Waals surface area contributed by atoms with E-state index in [2.05, 4.69) is 10.2 Å². The topological polar surface area (TPSA) is 73.0 Å². The number of aryl methyl sites for hydroxylation is 3. The average Bonchev–Trinajstić information content (AvgIpc) is 3.04. The Morgan fingerprint density at radius 3 is 2.67 bits per heavy atom. The van der Waals surface area contributed by atoms with E-state index in [9.17, 15) is 8.42 Å². The highest BCUT2D eigenvalue weighted by atomic mass is 32.2. The maximum atomic E-state index is 13.3. The predicted octanol–water partition coefficient (Wildman–Crippen LogP) is 2.25. The van der Waals surface area contributed by atoms with Crippen LogP contribution in [0, 0.1) is 6.92 Å². The van der Waals surface area contributed by atoms with Crippen LogP contribution < -0.4 is 0 Å². The molecule has 7 nitrogen and oxygen atoms in total. The third-order valence-corrected chi connectivity index (χ3v) is 6.60. The zero-order valence-corrected chi connectivity index (χ0v) is 15.3. The molecule has 0 spiro atoms. The zero-order chi connectivity index (χ0) is 17.3. The normalized spacial score (nSPS) is 20.2. The van der Waals surface area contributed by atoms with Gasteiger partial charge in [0, 0.05) is 32.5 Å². The highest BCUT2D eigenvalue weighted by Crippen LogP contribution is 2.34. The highest BCUT2D eigenvalue weighted by Gasteiger charge is 2.36. The summed E-state index contributed by atoms with van der Waals surface area (Å²) in [5.41, 5.74) is 1.38. The van der Waals surface area contributed by atoms with Crippen molar-refractivity contribution < 1.29 is 8.42 Å². The minimum absolute atomic E-state index is 0.205. The molecule has 0 amide bonds. The second-order valence-electron chi connectivity index (χ2n) is 6.33. The molecule has 1 unspecified atom stereocenters. The lowest BCUT2D eigenvalue weighted by molar-refractivity contribution is 0.321. The van der Waals surface area contributed by atoms with Crippen molar-refractivity contribution in [2.45, 2.75) is 57.0 Å². The summed E-state index contributed by atoms with van der Waals surface area (Å²) in [6, 6.07) is 1.71. The summed E-state index contributed by atoms with van der Waals surface area (Å²) in [5.74, 6) is 0. The van der Waals surface area contributed by atoms with E-state index < -0.39 is 10.0 Å². The summed E-state index contributed by atoms with van der Waals surface area (Å²) in [7, 11) is -1.74. The Hall–Kier alpha value is -1.67. The number of sulfonamides is 1. The number of aromatic nitrogens is 4. The van der Waals surface area contributed by atoms with Crippen molar-refractivity contribution in [2.75, 3.05) is 6.54 Å². The largest absolute Gasteiger partial charge is 0.275 e. The molecule has 0 radical (unpaired) electrons. The van der Waals surface area contributed by atoms with Crippen LogP contribution in [0.15, 0.2) is 23.4 Å². The number of rotatable bonds is 4. The molecule has 132 valence electrons. The Balaban J connectivity index is 2.03. The Labute approximate surface area is 143 Å². The van der Waals surface area contributed by atoms with Gasteiger partial charge in [-0.15, -0.1) is 0 Å². The molecule has 1 aliphatic rings. The van der Waals surface area contributed by atoms with Crippen LogP contribution in [0.2, 0.25) is 0 Å². The van der Waals surface area contributed by atoms with Crippen molar-refractivity contribution in [3.63, 3.8) is 0 Å². The molecular formula is C16H25N5O2S. The molecule has 24 heavy (non-hydrogen) atoms. The minimum atomic E-state index is -3.59. The van der Waals surface area contributed by atoms with Crippen LogP contribution in [-0.2, 0) is 23.6 Å². The molecule has 1 fully saturated rings. The molecule has 3 heterocycles. The van der Waals surface area contributed by atoms with E-state index in [0.717, 1.165) is 31.4 Å². The first-order valence-electron chi connectivity index (χ1n) is 8.49. The van der Waals surface area contributed by atoms with E-state index in [0.29, 0.717) is 23.7 Å². The molecular weight excluding hydrogens is 326 g/mol. The van der Waals surface area contributed by atoms with E-state index in [1.807, 2.05) is 26.2 Å². The molecule has 1 saturated heterocycles. The fourth-order valence-corrected chi connectivity index (χ4v) is 5.16. The van der Waals surface area contributed by atoms with Gasteiger partial charge in [-0.05, 0) is 32.8 Å². The molecule has 3 rings (SSSR count). The van der Waals surface area contributed by atoms with Crippen molar-refractivity contribution in [3.05, 3.63) is 29.8 Å². The van der Waals surface area contributed by atoms with Gasteiger partial charge in [-0.25, -0.2) is 8.42 Å². The van der Waals surface area contributed by atoms with Gasteiger partial charge in [-0.1, -0.05) is 12.8 Å². The lowest BCUT2D eigenvalue weighted by Crippen LogP contribution is -2.35. The van der Waals surface area contributed by atoms with E-state index in [1.165, 1.54) is 0 Å². The van der Waals surface area contributed by atoms with E-state index in [1.54, 1.807) is 26.8 Å². The van der Waals surface area contributed by atoms with Gasteiger partial charge in [0.05, 0.1) is 17.4 Å². The molecule has 1 aliphatic heterocycles. The van der Waals surface area contributed by atoms with Gasteiger partial charge in [-0.2, -0.15) is 14.5 Å². The Kier molecular flexibility index (Phi) is 4.78. The smallest absolute Gasteiger partial charge is 0.247 e.